The van der Waals surface area contributed by atoms with Crippen LogP contribution in [0.5, 0.6) is 0 Å². The Hall–Kier alpha value is -2.92. The maximum absolute atomic E-state index is 13.6. The number of aromatic nitrogens is 3. The molecule has 5 nitrogen and oxygen atoms in total. The number of hydrogen-bond donors (Lipinski definition) is 1. The lowest BCUT2D eigenvalue weighted by Crippen LogP contribution is -2.39. The first-order valence-corrected chi connectivity index (χ1v) is 13.3. The zero-order chi connectivity index (χ0) is 24.2. The van der Waals surface area contributed by atoms with Crippen molar-refractivity contribution < 1.29 is 4.79 Å². The highest BCUT2D eigenvalue weighted by Gasteiger charge is 2.29. The van der Waals surface area contributed by atoms with Crippen molar-refractivity contribution in [3.63, 3.8) is 0 Å². The molecule has 2 aliphatic carbocycles. The summed E-state index contributed by atoms with van der Waals surface area (Å²) in [6.07, 6.45) is 15.9. The molecule has 182 valence electrons. The number of hydrogen-bond acceptors (Lipinski definition) is 3. The lowest BCUT2D eigenvalue weighted by Gasteiger charge is -2.28. The highest BCUT2D eigenvalue weighted by Crippen LogP contribution is 2.35. The number of amides is 1. The van der Waals surface area contributed by atoms with Crippen LogP contribution in [0.2, 0.25) is 5.02 Å². The van der Waals surface area contributed by atoms with Crippen molar-refractivity contribution in [3.8, 4) is 5.69 Å². The van der Waals surface area contributed by atoms with Gasteiger partial charge >= 0.3 is 0 Å². The SMILES string of the molecule is C[C@H](NC(=O)c1nn(-c2ccncc2)c2c1CCCCC2=Cc1ccc(Cl)cc1)C1CCCCC1. The number of fused-ring (bicyclic) bond motifs is 1. The van der Waals surface area contributed by atoms with Crippen LogP contribution in [-0.4, -0.2) is 26.7 Å². The number of halogens is 1. The molecule has 0 aliphatic heterocycles. The van der Waals surface area contributed by atoms with Gasteiger partial charge in [-0.2, -0.15) is 5.10 Å². The Morgan fingerprint density at radius 3 is 2.49 bits per heavy atom. The van der Waals surface area contributed by atoms with Crippen LogP contribution in [0.1, 0.15) is 85.6 Å². The first-order valence-electron chi connectivity index (χ1n) is 12.9. The summed E-state index contributed by atoms with van der Waals surface area (Å²) in [6, 6.07) is 11.9. The molecule has 0 unspecified atom stereocenters. The third-order valence-electron chi connectivity index (χ3n) is 7.46. The van der Waals surface area contributed by atoms with Crippen LogP contribution in [0.3, 0.4) is 0 Å². The molecular formula is C29H33ClN4O. The van der Waals surface area contributed by atoms with Crippen LogP contribution in [-0.2, 0) is 6.42 Å². The molecule has 35 heavy (non-hydrogen) atoms. The van der Waals surface area contributed by atoms with E-state index in [2.05, 4.69) is 23.3 Å². The molecule has 0 bridgehead atoms. The summed E-state index contributed by atoms with van der Waals surface area (Å²) in [5.74, 6) is 0.494. The Morgan fingerprint density at radius 2 is 1.74 bits per heavy atom. The Labute approximate surface area is 212 Å². The fourth-order valence-electron chi connectivity index (χ4n) is 5.54. The van der Waals surface area contributed by atoms with Gasteiger partial charge in [0.1, 0.15) is 0 Å². The van der Waals surface area contributed by atoms with Crippen LogP contribution in [0, 0.1) is 5.92 Å². The van der Waals surface area contributed by atoms with Crippen molar-refractivity contribution in [2.75, 3.05) is 0 Å². The molecule has 0 saturated heterocycles. The zero-order valence-electron chi connectivity index (χ0n) is 20.3. The minimum atomic E-state index is -0.0557. The highest BCUT2D eigenvalue weighted by molar-refractivity contribution is 6.30. The molecule has 1 saturated carbocycles. The van der Waals surface area contributed by atoms with E-state index in [1.54, 1.807) is 12.4 Å². The van der Waals surface area contributed by atoms with Crippen LogP contribution >= 0.6 is 11.6 Å². The van der Waals surface area contributed by atoms with E-state index in [0.717, 1.165) is 53.2 Å². The lowest BCUT2D eigenvalue weighted by molar-refractivity contribution is 0.0913. The molecule has 2 heterocycles. The van der Waals surface area contributed by atoms with Gasteiger partial charge in [-0.3, -0.25) is 9.78 Å². The van der Waals surface area contributed by atoms with E-state index >= 15 is 0 Å². The Kier molecular flexibility index (Phi) is 7.33. The molecule has 1 fully saturated rings. The van der Waals surface area contributed by atoms with E-state index in [9.17, 15) is 4.79 Å². The number of rotatable bonds is 5. The second-order valence-corrected chi connectivity index (χ2v) is 10.3. The molecular weight excluding hydrogens is 456 g/mol. The van der Waals surface area contributed by atoms with Crippen molar-refractivity contribution >= 4 is 29.2 Å². The molecule has 1 aromatic carbocycles. The molecule has 2 aromatic heterocycles. The molecule has 2 aliphatic rings. The maximum atomic E-state index is 13.6. The number of carbonyl (C=O) groups is 1. The van der Waals surface area contributed by atoms with Gasteiger partial charge in [0.2, 0.25) is 0 Å². The third kappa shape index (κ3) is 5.35. The molecule has 6 heteroatoms. The Morgan fingerprint density at radius 1 is 1.03 bits per heavy atom. The largest absolute Gasteiger partial charge is 0.348 e. The minimum absolute atomic E-state index is 0.0557. The fraction of sp³-hybridized carbons (Fsp3) is 0.414. The van der Waals surface area contributed by atoms with E-state index in [-0.39, 0.29) is 11.9 Å². The summed E-state index contributed by atoms with van der Waals surface area (Å²) in [5, 5.41) is 8.96. The first kappa shape index (κ1) is 23.8. The standard InChI is InChI=1S/C29H33ClN4O/c1-20(22-7-3-2-4-8-22)32-29(35)27-26-10-6-5-9-23(19-21-11-13-24(30)14-12-21)28(26)34(33-27)25-15-17-31-18-16-25/h11-20,22H,2-10H2,1H3,(H,32,35)/t20-/m0/s1. The van der Waals surface area contributed by atoms with Crippen molar-refractivity contribution in [2.24, 2.45) is 5.92 Å². The molecule has 0 spiro atoms. The number of nitrogens with one attached hydrogen (secondary N) is 1. The molecule has 0 radical (unpaired) electrons. The van der Waals surface area contributed by atoms with Crippen LogP contribution in [0.25, 0.3) is 17.3 Å². The molecule has 3 aromatic rings. The van der Waals surface area contributed by atoms with E-state index < -0.39 is 0 Å². The van der Waals surface area contributed by atoms with E-state index in [1.807, 2.05) is 41.1 Å². The van der Waals surface area contributed by atoms with Crippen molar-refractivity contribution in [2.45, 2.75) is 70.8 Å². The van der Waals surface area contributed by atoms with Gasteiger partial charge in [0.15, 0.2) is 5.69 Å². The average Bonchev–Trinajstić information content (AvgIpc) is 3.16. The first-order chi connectivity index (χ1) is 17.1. The number of allylic oxidation sites excluding steroid dienone is 1. The smallest absolute Gasteiger partial charge is 0.272 e. The van der Waals surface area contributed by atoms with Crippen LogP contribution in [0.4, 0.5) is 0 Å². The van der Waals surface area contributed by atoms with E-state index in [1.165, 1.54) is 37.7 Å². The van der Waals surface area contributed by atoms with Crippen molar-refractivity contribution in [1.82, 2.24) is 20.1 Å². The van der Waals surface area contributed by atoms with Gasteiger partial charge in [-0.1, -0.05) is 43.0 Å². The van der Waals surface area contributed by atoms with Gasteiger partial charge in [-0.05, 0) is 92.8 Å². The summed E-state index contributed by atoms with van der Waals surface area (Å²) in [4.78, 5) is 17.8. The minimum Gasteiger partial charge on any atom is -0.348 e. The highest BCUT2D eigenvalue weighted by atomic mass is 35.5. The third-order valence-corrected chi connectivity index (χ3v) is 7.71. The van der Waals surface area contributed by atoms with Gasteiger partial charge in [-0.15, -0.1) is 0 Å². The van der Waals surface area contributed by atoms with Gasteiger partial charge in [0, 0.05) is 29.0 Å². The van der Waals surface area contributed by atoms with Gasteiger partial charge in [0.05, 0.1) is 11.4 Å². The van der Waals surface area contributed by atoms with E-state index in [0.29, 0.717) is 11.6 Å². The molecule has 1 atom stereocenters. The second-order valence-electron chi connectivity index (χ2n) is 9.88. The number of carbonyl (C=O) groups excluding carboxylic acids is 1. The molecule has 1 N–H and O–H groups in total. The summed E-state index contributed by atoms with van der Waals surface area (Å²) in [6.45, 7) is 2.15. The van der Waals surface area contributed by atoms with Gasteiger partial charge in [-0.25, -0.2) is 4.68 Å². The van der Waals surface area contributed by atoms with Gasteiger partial charge in [0.25, 0.3) is 5.91 Å². The number of pyridine rings is 1. The molecule has 5 rings (SSSR count). The predicted molar refractivity (Wildman–Crippen MR) is 142 cm³/mol. The summed E-state index contributed by atoms with van der Waals surface area (Å²) in [7, 11) is 0. The summed E-state index contributed by atoms with van der Waals surface area (Å²) >= 11 is 6.12. The number of benzene rings is 1. The summed E-state index contributed by atoms with van der Waals surface area (Å²) in [5.41, 5.74) is 5.86. The topological polar surface area (TPSA) is 59.8 Å². The van der Waals surface area contributed by atoms with Crippen LogP contribution < -0.4 is 5.32 Å². The predicted octanol–water partition coefficient (Wildman–Crippen LogP) is 6.89. The normalized spacial score (nSPS) is 18.6. The Bertz CT molecular complexity index is 1190. The van der Waals surface area contributed by atoms with E-state index in [4.69, 9.17) is 16.7 Å². The van der Waals surface area contributed by atoms with Crippen molar-refractivity contribution in [1.29, 1.82) is 0 Å². The summed E-state index contributed by atoms with van der Waals surface area (Å²) < 4.78 is 1.95. The van der Waals surface area contributed by atoms with Crippen molar-refractivity contribution in [3.05, 3.63) is 76.3 Å². The lowest BCUT2D eigenvalue weighted by atomic mass is 9.84. The van der Waals surface area contributed by atoms with Gasteiger partial charge < -0.3 is 5.32 Å². The van der Waals surface area contributed by atoms with Crippen LogP contribution in [0.15, 0.2) is 48.8 Å². The zero-order valence-corrected chi connectivity index (χ0v) is 21.1. The average molecular weight is 489 g/mol. The monoisotopic (exact) mass is 488 g/mol. The fourth-order valence-corrected chi connectivity index (χ4v) is 5.66. The maximum Gasteiger partial charge on any atom is 0.272 e. The quantitative estimate of drug-likeness (QED) is 0.398. The second kappa shape index (κ2) is 10.8. The molecule has 1 amide bonds. The number of nitrogens with zero attached hydrogens (tertiary/aromatic N) is 3. The Balaban J connectivity index is 1.56.